The van der Waals surface area contributed by atoms with E-state index in [1.54, 1.807) is 6.07 Å². The Hall–Kier alpha value is -3.87. The van der Waals surface area contributed by atoms with Crippen LogP contribution >= 0.6 is 0 Å². The highest BCUT2D eigenvalue weighted by atomic mass is 16.6. The van der Waals surface area contributed by atoms with Gasteiger partial charge >= 0.3 is 5.69 Å². The molecule has 0 atom stereocenters. The van der Waals surface area contributed by atoms with Gasteiger partial charge in [0.2, 0.25) is 11.5 Å². The van der Waals surface area contributed by atoms with Gasteiger partial charge in [-0.3, -0.25) is 14.9 Å². The maximum Gasteiger partial charge on any atom is 0.315 e. The van der Waals surface area contributed by atoms with E-state index in [0.717, 1.165) is 16.8 Å². The fraction of sp³-hybridized carbons (Fsp3) is 0.0500. The summed E-state index contributed by atoms with van der Waals surface area (Å²) >= 11 is 0. The molecule has 3 aromatic rings. The Kier molecular flexibility index (Phi) is 3.77. The maximum absolute atomic E-state index is 12.8. The lowest BCUT2D eigenvalue weighted by Crippen LogP contribution is -1.99. The summed E-state index contributed by atoms with van der Waals surface area (Å²) < 4.78 is 10.7. The zero-order valence-electron chi connectivity index (χ0n) is 14.1. The molecule has 0 saturated heterocycles. The molecule has 3 aromatic carbocycles. The largest absolute Gasteiger partial charge is 0.500 e. The number of hydrogen-bond donors (Lipinski definition) is 1. The lowest BCUT2D eigenvalue weighted by molar-refractivity contribution is -0.386. The van der Waals surface area contributed by atoms with Crippen molar-refractivity contribution in [1.29, 1.82) is 0 Å². The molecule has 1 aliphatic heterocycles. The molecule has 0 aliphatic carbocycles. The van der Waals surface area contributed by atoms with Gasteiger partial charge < -0.3 is 14.6 Å². The van der Waals surface area contributed by atoms with Crippen LogP contribution in [0.5, 0.6) is 17.2 Å². The first-order chi connectivity index (χ1) is 13.0. The molecule has 1 heterocycles. The molecular weight excluding hydrogens is 350 g/mol. The van der Waals surface area contributed by atoms with E-state index in [9.17, 15) is 20.0 Å². The van der Waals surface area contributed by atoms with E-state index >= 15 is 0 Å². The van der Waals surface area contributed by atoms with Crippen molar-refractivity contribution in [3.63, 3.8) is 0 Å². The third-order valence-electron chi connectivity index (χ3n) is 4.35. The molecule has 4 rings (SSSR count). The van der Waals surface area contributed by atoms with Gasteiger partial charge in [0.1, 0.15) is 5.75 Å². The summed E-state index contributed by atoms with van der Waals surface area (Å²) in [5.41, 5.74) is 0.242. The van der Waals surface area contributed by atoms with E-state index in [1.165, 1.54) is 19.3 Å². The van der Waals surface area contributed by atoms with Crippen LogP contribution in [0.15, 0.2) is 54.3 Å². The van der Waals surface area contributed by atoms with Gasteiger partial charge in [0.15, 0.2) is 11.5 Å². The Morgan fingerprint density at radius 2 is 1.96 bits per heavy atom. The van der Waals surface area contributed by atoms with Crippen LogP contribution < -0.4 is 9.47 Å². The van der Waals surface area contributed by atoms with Crippen molar-refractivity contribution in [1.82, 2.24) is 0 Å². The molecule has 0 amide bonds. The molecule has 0 fully saturated rings. The van der Waals surface area contributed by atoms with Crippen molar-refractivity contribution in [2.75, 3.05) is 7.11 Å². The molecule has 7 nitrogen and oxygen atoms in total. The molecule has 0 spiro atoms. The summed E-state index contributed by atoms with van der Waals surface area (Å²) in [4.78, 5) is 23.3. The molecular formula is C20H13NO6. The normalized spacial score (nSPS) is 14.3. The Morgan fingerprint density at radius 1 is 1.19 bits per heavy atom. The maximum atomic E-state index is 12.8. The number of carbonyl (C=O) groups excluding carboxylic acids is 1. The first-order valence-electron chi connectivity index (χ1n) is 8.01. The number of ether oxygens (including phenoxy) is 2. The number of Topliss-reactive ketones (excluding diaryl/α,β-unsaturated/α-hetero) is 1. The van der Waals surface area contributed by atoms with E-state index in [1.807, 2.05) is 30.3 Å². The van der Waals surface area contributed by atoms with Crippen LogP contribution in [-0.4, -0.2) is 22.9 Å². The lowest BCUT2D eigenvalue weighted by atomic mass is 10.0. The standard InChI is InChI=1S/C20H13NO6/c1-26-16-9-11(8-14(19(16)22)21(24)25)10-17-20(23)18-13-5-3-2-4-12(13)6-7-15(18)27-17/h2-10,22H,1H3/b17-10-. The Bertz CT molecular complexity index is 1150. The number of hydrogen-bond acceptors (Lipinski definition) is 6. The monoisotopic (exact) mass is 363 g/mol. The average molecular weight is 363 g/mol. The van der Waals surface area contributed by atoms with Crippen LogP contribution in [0.1, 0.15) is 15.9 Å². The predicted molar refractivity (Wildman–Crippen MR) is 98.2 cm³/mol. The molecule has 0 bridgehead atoms. The van der Waals surface area contributed by atoms with Crippen LogP contribution in [0.25, 0.3) is 16.8 Å². The number of phenols is 1. The number of rotatable bonds is 3. The second-order valence-corrected chi connectivity index (χ2v) is 5.95. The van der Waals surface area contributed by atoms with Gasteiger partial charge in [0, 0.05) is 6.07 Å². The van der Waals surface area contributed by atoms with Gasteiger partial charge in [-0.1, -0.05) is 30.3 Å². The van der Waals surface area contributed by atoms with E-state index in [0.29, 0.717) is 16.9 Å². The van der Waals surface area contributed by atoms with Crippen LogP contribution in [-0.2, 0) is 0 Å². The molecule has 0 radical (unpaired) electrons. The van der Waals surface area contributed by atoms with Gasteiger partial charge in [-0.05, 0) is 34.5 Å². The SMILES string of the molecule is COc1cc(/C=C2\Oc3ccc4ccccc4c3C2=O)cc([N+](=O)[O-])c1O. The van der Waals surface area contributed by atoms with Gasteiger partial charge in [0.05, 0.1) is 17.6 Å². The van der Waals surface area contributed by atoms with E-state index in [-0.39, 0.29) is 17.3 Å². The number of allylic oxidation sites excluding steroid dienone is 1. The molecule has 7 heteroatoms. The Morgan fingerprint density at radius 3 is 2.70 bits per heavy atom. The van der Waals surface area contributed by atoms with Gasteiger partial charge in [0.25, 0.3) is 0 Å². The number of nitro groups is 1. The third kappa shape index (κ3) is 2.65. The van der Waals surface area contributed by atoms with Crippen molar-refractivity contribution in [2.45, 2.75) is 0 Å². The Labute approximate surface area is 153 Å². The predicted octanol–water partition coefficient (Wildman–Crippen LogP) is 4.08. The molecule has 0 saturated carbocycles. The topological polar surface area (TPSA) is 98.9 Å². The number of aromatic hydroxyl groups is 1. The number of phenolic OH excluding ortho intramolecular Hbond substituents is 1. The average Bonchev–Trinajstić information content (AvgIpc) is 2.98. The quantitative estimate of drug-likeness (QED) is 0.428. The van der Waals surface area contributed by atoms with Crippen LogP contribution in [0.2, 0.25) is 0 Å². The number of methoxy groups -OCH3 is 1. The second kappa shape index (κ2) is 6.14. The number of carbonyl (C=O) groups is 1. The summed E-state index contributed by atoms with van der Waals surface area (Å²) in [7, 11) is 1.29. The lowest BCUT2D eigenvalue weighted by Gasteiger charge is -2.06. The zero-order chi connectivity index (χ0) is 19.1. The molecule has 134 valence electrons. The number of nitro benzene ring substituents is 1. The minimum atomic E-state index is -0.723. The summed E-state index contributed by atoms with van der Waals surface area (Å²) in [6.07, 6.45) is 1.39. The smallest absolute Gasteiger partial charge is 0.315 e. The fourth-order valence-electron chi connectivity index (χ4n) is 3.10. The third-order valence-corrected chi connectivity index (χ3v) is 4.35. The molecule has 1 N–H and O–H groups in total. The van der Waals surface area contributed by atoms with E-state index in [4.69, 9.17) is 9.47 Å². The summed E-state index contributed by atoms with van der Waals surface area (Å²) in [6, 6.07) is 13.6. The van der Waals surface area contributed by atoms with Crippen molar-refractivity contribution in [2.24, 2.45) is 0 Å². The highest BCUT2D eigenvalue weighted by molar-refractivity contribution is 6.21. The number of nitrogens with zero attached hydrogens (tertiary/aromatic N) is 1. The van der Waals surface area contributed by atoms with Crippen LogP contribution in [0.3, 0.4) is 0 Å². The second-order valence-electron chi connectivity index (χ2n) is 5.95. The minimum Gasteiger partial charge on any atom is -0.500 e. The van der Waals surface area contributed by atoms with Crippen LogP contribution in [0, 0.1) is 10.1 Å². The molecule has 0 aromatic heterocycles. The number of benzene rings is 3. The summed E-state index contributed by atoms with van der Waals surface area (Å²) in [5.74, 6) is -0.466. The summed E-state index contributed by atoms with van der Waals surface area (Å²) in [5, 5.41) is 22.7. The minimum absolute atomic E-state index is 0.0448. The van der Waals surface area contributed by atoms with Gasteiger partial charge in [-0.25, -0.2) is 0 Å². The molecule has 1 aliphatic rings. The number of ketones is 1. The van der Waals surface area contributed by atoms with E-state index < -0.39 is 16.4 Å². The van der Waals surface area contributed by atoms with Crippen molar-refractivity contribution >= 4 is 28.3 Å². The summed E-state index contributed by atoms with van der Waals surface area (Å²) in [6.45, 7) is 0. The number of fused-ring (bicyclic) bond motifs is 3. The molecule has 27 heavy (non-hydrogen) atoms. The van der Waals surface area contributed by atoms with Crippen molar-refractivity contribution in [3.05, 3.63) is 75.5 Å². The van der Waals surface area contributed by atoms with Gasteiger partial charge in [-0.2, -0.15) is 0 Å². The van der Waals surface area contributed by atoms with Crippen molar-refractivity contribution < 1.29 is 24.3 Å². The fourth-order valence-corrected chi connectivity index (χ4v) is 3.10. The zero-order valence-corrected chi connectivity index (χ0v) is 14.1. The highest BCUT2D eigenvalue weighted by Gasteiger charge is 2.30. The van der Waals surface area contributed by atoms with E-state index in [2.05, 4.69) is 0 Å². The first kappa shape index (κ1) is 16.6. The van der Waals surface area contributed by atoms with Crippen LogP contribution in [0.4, 0.5) is 5.69 Å². The first-order valence-corrected chi connectivity index (χ1v) is 8.01. The Balaban J connectivity index is 1.82. The van der Waals surface area contributed by atoms with Crippen molar-refractivity contribution in [3.8, 4) is 17.2 Å². The highest BCUT2D eigenvalue weighted by Crippen LogP contribution is 2.40. The molecule has 0 unspecified atom stereocenters. The van der Waals surface area contributed by atoms with Gasteiger partial charge in [-0.15, -0.1) is 0 Å².